The SMILES string of the molecule is Cc1cc(N)ccc1N.Nc1cc(C2(c3ccc(O)c(N)c3)c3ccccc3-c3ccccc32)ccc1O.Nc1cc(F)c(N)cc1F.Nc1ccc(C2(c3ccc(N)cc3)c3ccccc3-c3ccccc32)cc1.Nc1ccc(Oc2cccc(Oc3ccc(N)cc3)c2)cc1.Nc1ccc2c(ccc3cc(N)ccc32)c1.Nc1cccc(N)c1. The number of aromatic hydroxyl groups is 2. The highest BCUT2D eigenvalue weighted by molar-refractivity contribution is 6.09. The molecule has 0 spiro atoms. The Morgan fingerprint density at radius 2 is 0.537 bits per heavy atom. The van der Waals surface area contributed by atoms with E-state index in [0.29, 0.717) is 45.6 Å². The highest BCUT2D eigenvalue weighted by Gasteiger charge is 2.47. The molecule has 2 aliphatic rings. The van der Waals surface area contributed by atoms with Gasteiger partial charge in [0.1, 0.15) is 46.1 Å². The maximum atomic E-state index is 12.4. The number of anilines is 14. The maximum Gasteiger partial charge on any atom is 0.148 e. The van der Waals surface area contributed by atoms with Crippen LogP contribution in [0.15, 0.2) is 358 Å². The molecule has 0 aromatic heterocycles. The van der Waals surface area contributed by atoms with Gasteiger partial charge in [-0.2, -0.15) is 0 Å². The van der Waals surface area contributed by atoms with Crippen molar-refractivity contribution < 1.29 is 28.5 Å². The van der Waals surface area contributed by atoms with E-state index in [0.717, 1.165) is 107 Å². The highest BCUT2D eigenvalue weighted by atomic mass is 19.1. The maximum absolute atomic E-state index is 12.4. The first-order chi connectivity index (χ1) is 58.3. The van der Waals surface area contributed by atoms with E-state index in [1.54, 1.807) is 60.7 Å². The fraction of sp³-hybridized carbons (Fsp3) is 0.0297. The van der Waals surface area contributed by atoms with E-state index in [1.165, 1.54) is 44.2 Å². The van der Waals surface area contributed by atoms with Crippen LogP contribution in [0.4, 0.5) is 88.4 Å². The van der Waals surface area contributed by atoms with Gasteiger partial charge < -0.3 is 100.0 Å². The van der Waals surface area contributed by atoms with Crippen molar-refractivity contribution in [3.63, 3.8) is 0 Å². The number of hydrogen-bond donors (Lipinski definition) is 16. The Kier molecular flexibility index (Phi) is 24.6. The molecule has 0 aliphatic heterocycles. The number of phenolic OH excluding ortho intramolecular Hbond substituents is 2. The van der Waals surface area contributed by atoms with Crippen molar-refractivity contribution in [3.8, 4) is 56.8 Å². The zero-order valence-corrected chi connectivity index (χ0v) is 66.1. The van der Waals surface area contributed by atoms with Crippen LogP contribution in [0.5, 0.6) is 34.5 Å². The second-order valence-corrected chi connectivity index (χ2v) is 29.0. The molecule has 18 nitrogen and oxygen atoms in total. The van der Waals surface area contributed by atoms with Crippen molar-refractivity contribution in [2.24, 2.45) is 0 Å². The summed E-state index contributed by atoms with van der Waals surface area (Å²) in [6.45, 7) is 1.94. The third-order valence-corrected chi connectivity index (χ3v) is 20.8. The number of rotatable bonds is 8. The average molecular weight is 1600 g/mol. The Balaban J connectivity index is 0.000000128. The molecule has 17 aromatic rings. The molecule has 0 heterocycles. The summed E-state index contributed by atoms with van der Waals surface area (Å²) < 4.78 is 36.3. The average Bonchev–Trinajstić information content (AvgIpc) is 1.55. The standard InChI is InChI=1S/C25H20N2O2.C25H20N2.C18H16N2O2.C14H12N2.C7H10N2.C6H6F2N2.C6H8N2/c26-21-13-15(9-11-23(21)28)25(16-10-12-24(29)22(27)14-16)19-7-3-1-5-17(19)18-6-2-4-8-20(18)25;26-19-13-9-17(10-14-19)25(18-11-15-20(27)16-12-18)23-7-3-1-5-21(23)22-6-2-4-8-24(22)25;19-13-4-8-15(9-5-13)21-17-2-1-3-18(12-17)22-16-10-6-14(20)7-11-16;15-11-3-5-13-9(7-11)1-2-10-8-12(16)4-6-14(10)13;1-5-4-6(8)2-3-7(5)9;7-3-1-5(9)4(8)2-6(3)10;7-5-2-1-3-6(8)4-5/h1-14,28-29H,26-27H2;1-16H,26-27H2;1-12H,19-20H2;1-8H,15-16H2;2-4H,8-9H2,1H3;1-2H,9-10H2;1-4H,7-8H2. The normalized spacial score (nSPS) is 11.8. The van der Waals surface area contributed by atoms with Gasteiger partial charge in [-0.15, -0.1) is 0 Å². The Bertz CT molecular complexity index is 6170. The molecule has 30 N–H and O–H groups in total. The second kappa shape index (κ2) is 36.1. The molecule has 0 unspecified atom stereocenters. The number of aryl methyl sites for hydroxylation is 1. The van der Waals surface area contributed by atoms with E-state index in [1.807, 2.05) is 171 Å². The lowest BCUT2D eigenvalue weighted by atomic mass is 9.67. The van der Waals surface area contributed by atoms with E-state index in [4.69, 9.17) is 89.7 Å². The number of fused-ring (bicyclic) bond motifs is 9. The second-order valence-electron chi connectivity index (χ2n) is 29.0. The largest absolute Gasteiger partial charge is 0.506 e. The molecule has 0 amide bonds. The van der Waals surface area contributed by atoms with Gasteiger partial charge in [-0.1, -0.05) is 170 Å². The molecule has 604 valence electrons. The predicted octanol–water partition coefficient (Wildman–Crippen LogP) is 20.6. The molecule has 20 heteroatoms. The minimum Gasteiger partial charge on any atom is -0.506 e. The first-order valence-electron chi connectivity index (χ1n) is 38.4. The van der Waals surface area contributed by atoms with Gasteiger partial charge in [-0.05, 0) is 271 Å². The molecule has 17 aromatic carbocycles. The number of phenols is 2. The lowest BCUT2D eigenvalue weighted by Gasteiger charge is -2.34. The summed E-state index contributed by atoms with van der Waals surface area (Å²) in [5, 5.41) is 24.8. The van der Waals surface area contributed by atoms with Gasteiger partial charge in [0.15, 0.2) is 0 Å². The Hall–Kier alpha value is -16.5. The Morgan fingerprint density at radius 1 is 0.231 bits per heavy atom. The molecular weight excluding hydrogens is 1510 g/mol. The summed E-state index contributed by atoms with van der Waals surface area (Å²) in [5.41, 5.74) is 100. The van der Waals surface area contributed by atoms with Gasteiger partial charge in [0.2, 0.25) is 0 Å². The van der Waals surface area contributed by atoms with Crippen molar-refractivity contribution in [1.29, 1.82) is 0 Å². The van der Waals surface area contributed by atoms with Gasteiger partial charge in [0.05, 0.1) is 33.6 Å². The third-order valence-electron chi connectivity index (χ3n) is 20.8. The minimum absolute atomic E-state index is 0.0497. The number of benzene rings is 17. The summed E-state index contributed by atoms with van der Waals surface area (Å²) in [6, 6.07) is 113. The number of nitrogens with two attached hydrogens (primary N) is 14. The van der Waals surface area contributed by atoms with Crippen LogP contribution >= 0.6 is 0 Å². The van der Waals surface area contributed by atoms with Crippen LogP contribution in [0.2, 0.25) is 0 Å². The number of ether oxygens (including phenoxy) is 2. The molecule has 2 aliphatic carbocycles. The van der Waals surface area contributed by atoms with Crippen LogP contribution in [-0.4, -0.2) is 10.2 Å². The fourth-order valence-corrected chi connectivity index (χ4v) is 15.0. The zero-order chi connectivity index (χ0) is 85.7. The molecule has 0 bridgehead atoms. The molecule has 121 heavy (non-hydrogen) atoms. The van der Waals surface area contributed by atoms with Crippen molar-refractivity contribution in [2.75, 3.05) is 80.3 Å². The molecule has 0 fully saturated rings. The first kappa shape index (κ1) is 82.5. The third kappa shape index (κ3) is 18.3. The lowest BCUT2D eigenvalue weighted by Crippen LogP contribution is -2.28. The van der Waals surface area contributed by atoms with E-state index in [2.05, 4.69) is 121 Å². The van der Waals surface area contributed by atoms with Gasteiger partial charge in [0, 0.05) is 75.1 Å². The first-order valence-corrected chi connectivity index (χ1v) is 38.4. The minimum atomic E-state index is -0.695. The summed E-state index contributed by atoms with van der Waals surface area (Å²) in [7, 11) is 0. The molecular formula is C101H92F2N14O4. The van der Waals surface area contributed by atoms with Crippen molar-refractivity contribution >= 4 is 101 Å². The number of hydrogen-bond acceptors (Lipinski definition) is 18. The highest BCUT2D eigenvalue weighted by Crippen LogP contribution is 2.58. The quantitative estimate of drug-likeness (QED) is 0.0382. The van der Waals surface area contributed by atoms with Gasteiger partial charge in [-0.25, -0.2) is 8.78 Å². The molecule has 0 saturated carbocycles. The zero-order valence-electron chi connectivity index (χ0n) is 66.1. The molecule has 0 saturated heterocycles. The van der Waals surface area contributed by atoms with Crippen molar-refractivity contribution in [1.82, 2.24) is 0 Å². The van der Waals surface area contributed by atoms with E-state index < -0.39 is 17.0 Å². The van der Waals surface area contributed by atoms with Crippen molar-refractivity contribution in [3.05, 3.63) is 420 Å². The van der Waals surface area contributed by atoms with Crippen LogP contribution in [-0.2, 0) is 10.8 Å². The van der Waals surface area contributed by atoms with E-state index in [9.17, 15) is 19.0 Å². The van der Waals surface area contributed by atoms with Crippen LogP contribution in [0.25, 0.3) is 43.8 Å². The number of halogens is 2. The van der Waals surface area contributed by atoms with Crippen LogP contribution in [0.3, 0.4) is 0 Å². The summed E-state index contributed by atoms with van der Waals surface area (Å²) >= 11 is 0. The van der Waals surface area contributed by atoms with E-state index in [-0.39, 0.29) is 28.3 Å². The van der Waals surface area contributed by atoms with Gasteiger partial charge in [-0.3, -0.25) is 0 Å². The summed E-state index contributed by atoms with van der Waals surface area (Å²) in [4.78, 5) is 0. The Labute approximate surface area is 700 Å². The van der Waals surface area contributed by atoms with E-state index >= 15 is 0 Å². The fourth-order valence-electron chi connectivity index (χ4n) is 15.0. The molecule has 19 rings (SSSR count). The molecule has 0 atom stereocenters. The number of nitrogen functional groups attached to an aromatic ring is 14. The topological polar surface area (TPSA) is 423 Å². The van der Waals surface area contributed by atoms with Crippen LogP contribution in [0, 0.1) is 18.6 Å². The summed E-state index contributed by atoms with van der Waals surface area (Å²) in [5.74, 6) is 1.54. The lowest BCUT2D eigenvalue weighted by molar-refractivity contribution is 0.460. The van der Waals surface area contributed by atoms with Gasteiger partial charge in [0.25, 0.3) is 0 Å². The van der Waals surface area contributed by atoms with Crippen LogP contribution < -0.4 is 89.7 Å². The monoisotopic (exact) mass is 1600 g/mol. The summed E-state index contributed by atoms with van der Waals surface area (Å²) in [6.07, 6.45) is 0. The van der Waals surface area contributed by atoms with Gasteiger partial charge >= 0.3 is 0 Å². The predicted molar refractivity (Wildman–Crippen MR) is 498 cm³/mol. The Morgan fingerprint density at radius 3 is 0.876 bits per heavy atom. The molecule has 0 radical (unpaired) electrons. The van der Waals surface area contributed by atoms with Crippen LogP contribution in [0.1, 0.15) is 50.1 Å². The smallest absolute Gasteiger partial charge is 0.148 e. The van der Waals surface area contributed by atoms with Crippen molar-refractivity contribution in [2.45, 2.75) is 17.8 Å².